The molecule has 0 fully saturated rings. The van der Waals surface area contributed by atoms with Gasteiger partial charge < -0.3 is 24.8 Å². The Hall–Kier alpha value is -4.44. The smallest absolute Gasteiger partial charge is 0.259 e. The number of nitrogens with one attached hydrogen (secondary N) is 3. The number of carbonyl (C=O) groups excluding carboxylic acids is 1. The predicted octanol–water partition coefficient (Wildman–Crippen LogP) is 6.70. The molecule has 4 rings (SSSR count). The molecule has 0 unspecified atom stereocenters. The van der Waals surface area contributed by atoms with E-state index in [-0.39, 0.29) is 29.4 Å². The van der Waals surface area contributed by atoms with E-state index in [1.54, 1.807) is 44.4 Å². The maximum Gasteiger partial charge on any atom is 0.259 e. The lowest BCUT2D eigenvalue weighted by atomic mass is 10.1. The zero-order chi connectivity index (χ0) is 29.5. The van der Waals surface area contributed by atoms with Crippen LogP contribution in [0.4, 0.5) is 21.6 Å². The van der Waals surface area contributed by atoms with Gasteiger partial charge in [0, 0.05) is 31.0 Å². The second-order valence-corrected chi connectivity index (χ2v) is 10.4. The van der Waals surface area contributed by atoms with Gasteiger partial charge >= 0.3 is 0 Å². The number of benzene rings is 3. The number of aromatic nitrogens is 1. The molecule has 1 heterocycles. The molecule has 0 aliphatic carbocycles. The van der Waals surface area contributed by atoms with Crippen molar-refractivity contribution in [3.05, 3.63) is 105 Å². The lowest BCUT2D eigenvalue weighted by molar-refractivity contribution is 0.0948. The first-order chi connectivity index (χ1) is 19.7. The first-order valence-electron chi connectivity index (χ1n) is 13.1. The normalized spacial score (nSPS) is 10.7. The van der Waals surface area contributed by atoms with Crippen LogP contribution in [0.2, 0.25) is 0 Å². The molecule has 214 valence electrons. The first kappa shape index (κ1) is 29.5. The molecule has 8 nitrogen and oxygen atoms in total. The Balaban J connectivity index is 1.78. The fourth-order valence-corrected chi connectivity index (χ4v) is 4.61. The Kier molecular flexibility index (Phi) is 9.57. The van der Waals surface area contributed by atoms with Gasteiger partial charge in [0.05, 0.1) is 18.5 Å². The van der Waals surface area contributed by atoms with Crippen molar-refractivity contribution >= 4 is 35.0 Å². The fourth-order valence-electron chi connectivity index (χ4n) is 4.09. The summed E-state index contributed by atoms with van der Waals surface area (Å²) in [5.74, 6) is 1.14. The van der Waals surface area contributed by atoms with Gasteiger partial charge in [-0.25, -0.2) is 4.39 Å². The highest BCUT2D eigenvalue weighted by Crippen LogP contribution is 2.35. The van der Waals surface area contributed by atoms with Crippen molar-refractivity contribution < 1.29 is 18.7 Å². The Morgan fingerprint density at radius 2 is 1.76 bits per heavy atom. The van der Waals surface area contributed by atoms with E-state index in [1.807, 2.05) is 38.1 Å². The number of nitrogens with zero attached hydrogens (tertiary/aromatic N) is 1. The second kappa shape index (κ2) is 13.3. The Morgan fingerprint density at radius 1 is 1.00 bits per heavy atom. The molecule has 0 radical (unpaired) electrons. The Bertz CT molecular complexity index is 1610. The van der Waals surface area contributed by atoms with Crippen LogP contribution in [0.5, 0.6) is 17.2 Å². The number of amides is 1. The standard InChI is InChI=1S/C31H33FN4O4S/c1-6-41-35-24-8-7-9-26(20(24)3)40-27-17-28(37)36(4)30(34-25-15-10-19(2)16-23(25)32)29(27)31(38)33-18-21-11-13-22(39-5)14-12-21/h7-17,34-35H,6,18H2,1-5H3,(H,33,38). The molecule has 1 aromatic heterocycles. The van der Waals surface area contributed by atoms with Crippen molar-refractivity contribution in [2.45, 2.75) is 27.3 Å². The maximum absolute atomic E-state index is 14.9. The second-order valence-electron chi connectivity index (χ2n) is 9.33. The molecule has 0 aliphatic heterocycles. The van der Waals surface area contributed by atoms with Gasteiger partial charge in [-0.2, -0.15) is 0 Å². The van der Waals surface area contributed by atoms with Gasteiger partial charge in [-0.05, 0) is 61.4 Å². The van der Waals surface area contributed by atoms with Crippen LogP contribution in [0.15, 0.2) is 71.5 Å². The van der Waals surface area contributed by atoms with Gasteiger partial charge in [0.15, 0.2) is 0 Å². The van der Waals surface area contributed by atoms with E-state index in [9.17, 15) is 14.0 Å². The largest absolute Gasteiger partial charge is 0.497 e. The molecule has 1 amide bonds. The van der Waals surface area contributed by atoms with Crippen molar-refractivity contribution in [3.63, 3.8) is 0 Å². The molecule has 3 aromatic carbocycles. The number of methoxy groups -OCH3 is 1. The van der Waals surface area contributed by atoms with E-state index >= 15 is 0 Å². The SMILES string of the molecule is CCSNc1cccc(Oc2cc(=O)n(C)c(Nc3ccc(C)cc3F)c2C(=O)NCc2ccc(OC)cc2)c1C. The summed E-state index contributed by atoms with van der Waals surface area (Å²) in [7, 11) is 3.10. The number of rotatable bonds is 11. The maximum atomic E-state index is 14.9. The molecule has 0 aliphatic rings. The Morgan fingerprint density at radius 3 is 2.44 bits per heavy atom. The summed E-state index contributed by atoms with van der Waals surface area (Å²) in [6.45, 7) is 5.91. The van der Waals surface area contributed by atoms with Crippen molar-refractivity contribution in [2.24, 2.45) is 7.05 Å². The number of halogens is 1. The third-order valence-electron chi connectivity index (χ3n) is 6.45. The molecule has 0 spiro atoms. The number of hydrogen-bond acceptors (Lipinski definition) is 7. The summed E-state index contributed by atoms with van der Waals surface area (Å²) < 4.78 is 30.9. The first-order valence-corrected chi connectivity index (χ1v) is 14.0. The minimum Gasteiger partial charge on any atom is -0.497 e. The van der Waals surface area contributed by atoms with Crippen LogP contribution in [-0.2, 0) is 13.6 Å². The van der Waals surface area contributed by atoms with Crippen molar-refractivity contribution in [3.8, 4) is 17.2 Å². The summed E-state index contributed by atoms with van der Waals surface area (Å²) in [5.41, 5.74) is 2.97. The fraction of sp³-hybridized carbons (Fsp3) is 0.226. The van der Waals surface area contributed by atoms with Crippen LogP contribution < -0.4 is 30.4 Å². The van der Waals surface area contributed by atoms with E-state index < -0.39 is 17.3 Å². The van der Waals surface area contributed by atoms with Crippen LogP contribution in [0.25, 0.3) is 0 Å². The zero-order valence-corrected chi connectivity index (χ0v) is 24.4. The number of pyridine rings is 1. The van der Waals surface area contributed by atoms with Crippen LogP contribution in [0, 0.1) is 19.7 Å². The highest BCUT2D eigenvalue weighted by atomic mass is 32.2. The average molecular weight is 577 g/mol. The minimum atomic E-state index is -0.517. The zero-order valence-electron chi connectivity index (χ0n) is 23.6. The summed E-state index contributed by atoms with van der Waals surface area (Å²) >= 11 is 1.54. The quantitative estimate of drug-likeness (QED) is 0.171. The van der Waals surface area contributed by atoms with E-state index in [4.69, 9.17) is 9.47 Å². The van der Waals surface area contributed by atoms with Gasteiger partial charge in [-0.15, -0.1) is 0 Å². The molecular formula is C31H33FN4O4S. The van der Waals surface area contributed by atoms with Gasteiger partial charge in [0.1, 0.15) is 34.4 Å². The average Bonchev–Trinajstić information content (AvgIpc) is 2.96. The lowest BCUT2D eigenvalue weighted by Crippen LogP contribution is -2.29. The Labute approximate surface area is 243 Å². The molecule has 3 N–H and O–H groups in total. The molecule has 0 saturated heterocycles. The van der Waals surface area contributed by atoms with Crippen LogP contribution >= 0.6 is 11.9 Å². The summed E-state index contributed by atoms with van der Waals surface area (Å²) in [4.78, 5) is 26.9. The summed E-state index contributed by atoms with van der Waals surface area (Å²) in [6.07, 6.45) is 0. The van der Waals surface area contributed by atoms with Crippen LogP contribution in [-0.4, -0.2) is 23.3 Å². The highest BCUT2D eigenvalue weighted by molar-refractivity contribution is 8.00. The number of carbonyl (C=O) groups is 1. The van der Waals surface area contributed by atoms with Crippen LogP contribution in [0.3, 0.4) is 0 Å². The molecule has 4 aromatic rings. The topological polar surface area (TPSA) is 93.6 Å². The highest BCUT2D eigenvalue weighted by Gasteiger charge is 2.24. The number of anilines is 3. The number of hydrogen-bond donors (Lipinski definition) is 3. The van der Waals surface area contributed by atoms with Gasteiger partial charge in [0.2, 0.25) is 0 Å². The molecule has 0 bridgehead atoms. The summed E-state index contributed by atoms with van der Waals surface area (Å²) in [5, 5.41) is 5.87. The molecule has 10 heteroatoms. The summed E-state index contributed by atoms with van der Waals surface area (Å²) in [6, 6.07) is 18.7. The van der Waals surface area contributed by atoms with Gasteiger partial charge in [-0.3, -0.25) is 14.2 Å². The van der Waals surface area contributed by atoms with Crippen molar-refractivity contribution in [1.29, 1.82) is 0 Å². The molecule has 41 heavy (non-hydrogen) atoms. The van der Waals surface area contributed by atoms with Crippen molar-refractivity contribution in [2.75, 3.05) is 22.9 Å². The van der Waals surface area contributed by atoms with Gasteiger partial charge in [0.25, 0.3) is 11.5 Å². The lowest BCUT2D eigenvalue weighted by Gasteiger charge is -2.20. The number of aryl methyl sites for hydroxylation is 1. The van der Waals surface area contributed by atoms with E-state index in [2.05, 4.69) is 15.4 Å². The molecule has 0 saturated carbocycles. The predicted molar refractivity (Wildman–Crippen MR) is 163 cm³/mol. The molecule has 0 atom stereocenters. The molecular weight excluding hydrogens is 543 g/mol. The van der Waals surface area contributed by atoms with E-state index in [0.29, 0.717) is 11.5 Å². The monoisotopic (exact) mass is 576 g/mol. The van der Waals surface area contributed by atoms with Gasteiger partial charge in [-0.1, -0.05) is 43.1 Å². The minimum absolute atomic E-state index is 0.0405. The third kappa shape index (κ3) is 7.01. The van der Waals surface area contributed by atoms with Crippen LogP contribution in [0.1, 0.15) is 34.0 Å². The van der Waals surface area contributed by atoms with Crippen molar-refractivity contribution in [1.82, 2.24) is 9.88 Å². The van der Waals surface area contributed by atoms with E-state index in [1.165, 1.54) is 35.7 Å². The van der Waals surface area contributed by atoms with E-state index in [0.717, 1.165) is 28.1 Å². The number of ether oxygens (including phenoxy) is 2. The third-order valence-corrected chi connectivity index (χ3v) is 7.10.